The van der Waals surface area contributed by atoms with E-state index in [1.807, 2.05) is 0 Å². The highest BCUT2D eigenvalue weighted by molar-refractivity contribution is 6.21. The highest BCUT2D eigenvalue weighted by Gasteiger charge is 2.09. The van der Waals surface area contributed by atoms with Crippen LogP contribution in [0.1, 0.15) is 0 Å². The molecule has 4 nitrogen and oxygen atoms in total. The quantitative estimate of drug-likeness (QED) is 0.433. The van der Waals surface area contributed by atoms with Gasteiger partial charge in [-0.3, -0.25) is 9.79 Å². The maximum absolute atomic E-state index is 10.4. The van der Waals surface area contributed by atoms with Gasteiger partial charge < -0.3 is 5.73 Å². The molecule has 1 rings (SSSR count). The highest BCUT2D eigenvalue weighted by atomic mass is 16.2. The molecule has 0 spiro atoms. The maximum atomic E-state index is 10.4. The summed E-state index contributed by atoms with van der Waals surface area (Å²) in [5, 5.41) is 0. The molecule has 0 aromatic heterocycles. The molecule has 0 aromatic carbocycles. The van der Waals surface area contributed by atoms with E-state index in [1.54, 1.807) is 0 Å². The number of amides is 1. The fourth-order valence-electron chi connectivity index (χ4n) is 0.378. The molecule has 1 aliphatic rings. The third-order valence-corrected chi connectivity index (χ3v) is 0.768. The molecule has 0 fully saturated rings. The van der Waals surface area contributed by atoms with Gasteiger partial charge in [-0.05, 0) is 0 Å². The van der Waals surface area contributed by atoms with Gasteiger partial charge in [0.05, 0.1) is 0 Å². The molecule has 0 saturated carbocycles. The summed E-state index contributed by atoms with van der Waals surface area (Å²) in [5.74, 6) is -0.382. The van der Waals surface area contributed by atoms with Crippen molar-refractivity contribution in [1.82, 2.24) is 0 Å². The summed E-state index contributed by atoms with van der Waals surface area (Å²) >= 11 is 0. The van der Waals surface area contributed by atoms with Crippen molar-refractivity contribution >= 4 is 18.3 Å². The van der Waals surface area contributed by atoms with Gasteiger partial charge in [-0.25, -0.2) is 4.99 Å². The van der Waals surface area contributed by atoms with Crippen LogP contribution in [0.5, 0.6) is 0 Å². The van der Waals surface area contributed by atoms with Gasteiger partial charge in [0.15, 0.2) is 6.17 Å². The molecule has 0 aliphatic carbocycles. The first-order valence-corrected chi connectivity index (χ1v) is 2.16. The average Bonchev–Trinajstić information content (AvgIpc) is 1.77. The molecule has 1 unspecified atom stereocenters. The van der Waals surface area contributed by atoms with Crippen molar-refractivity contribution in [2.45, 2.75) is 6.17 Å². The molecule has 2 N–H and O–H groups in total. The summed E-state index contributed by atoms with van der Waals surface area (Å²) in [6.45, 7) is 0. The van der Waals surface area contributed by atoms with Gasteiger partial charge in [-0.2, -0.15) is 0 Å². The Labute approximate surface area is 46.1 Å². The number of carbonyl (C=O) groups is 1. The number of aliphatic imine (C=N–C) groups is 2. The molecule has 8 heavy (non-hydrogen) atoms. The Hall–Kier alpha value is -1.03. The van der Waals surface area contributed by atoms with E-state index in [0.717, 1.165) is 0 Å². The van der Waals surface area contributed by atoms with E-state index in [0.29, 0.717) is 0 Å². The lowest BCUT2D eigenvalue weighted by Crippen LogP contribution is -2.29. The van der Waals surface area contributed by atoms with Crippen LogP contribution in [0, 0.1) is 0 Å². The maximum Gasteiger partial charge on any atom is 0.284 e. The Balaban J connectivity index is 2.74. The Morgan fingerprint density at radius 3 is 2.75 bits per heavy atom. The zero-order valence-electron chi connectivity index (χ0n) is 4.11. The van der Waals surface area contributed by atoms with E-state index in [9.17, 15) is 4.79 Å². The van der Waals surface area contributed by atoms with E-state index in [-0.39, 0.29) is 5.91 Å². The van der Waals surface area contributed by atoms with Crippen molar-refractivity contribution in [1.29, 1.82) is 0 Å². The van der Waals surface area contributed by atoms with Gasteiger partial charge in [-0.1, -0.05) is 0 Å². The lowest BCUT2D eigenvalue weighted by atomic mass is 10.4. The first kappa shape index (κ1) is 5.11. The van der Waals surface area contributed by atoms with E-state index in [4.69, 9.17) is 5.73 Å². The second-order valence-corrected chi connectivity index (χ2v) is 1.36. The van der Waals surface area contributed by atoms with Gasteiger partial charge in [0.2, 0.25) is 0 Å². The molecule has 1 aliphatic heterocycles. The lowest BCUT2D eigenvalue weighted by molar-refractivity contribution is -0.118. The normalized spacial score (nSPS) is 26.6. The molecule has 1 amide bonds. The third-order valence-electron chi connectivity index (χ3n) is 0.768. The second-order valence-electron chi connectivity index (χ2n) is 1.36. The predicted molar refractivity (Wildman–Crippen MR) is 30.0 cm³/mol. The Bertz CT molecular complexity index is 161. The molecule has 1 heterocycles. The van der Waals surface area contributed by atoms with Crippen LogP contribution in [0.3, 0.4) is 0 Å². The number of nitrogens with zero attached hydrogens (tertiary/aromatic N) is 2. The van der Waals surface area contributed by atoms with Crippen LogP contribution in [0.4, 0.5) is 0 Å². The highest BCUT2D eigenvalue weighted by Crippen LogP contribution is 1.87. The Kier molecular flexibility index (Phi) is 1.17. The standard InChI is InChI=1S/C4H5N3O/c5-3-4(8)7-2-1-6-3/h1-3H,5H2. The Morgan fingerprint density at radius 1 is 1.62 bits per heavy atom. The van der Waals surface area contributed by atoms with Crippen molar-refractivity contribution in [3.63, 3.8) is 0 Å². The SMILES string of the molecule is NC1N=CC=NC1=O. The molecular weight excluding hydrogens is 106 g/mol. The predicted octanol–water partition coefficient (Wildman–Crippen LogP) is -1.05. The molecule has 0 bridgehead atoms. The van der Waals surface area contributed by atoms with Gasteiger partial charge in [0.1, 0.15) is 0 Å². The minimum absolute atomic E-state index is 0.382. The molecule has 4 heteroatoms. The Morgan fingerprint density at radius 2 is 2.38 bits per heavy atom. The second kappa shape index (κ2) is 1.83. The van der Waals surface area contributed by atoms with Crippen LogP contribution in [0.25, 0.3) is 0 Å². The number of nitrogens with two attached hydrogens (primary N) is 1. The minimum Gasteiger partial charge on any atom is -0.302 e. The largest absolute Gasteiger partial charge is 0.302 e. The van der Waals surface area contributed by atoms with Crippen molar-refractivity contribution in [2.24, 2.45) is 15.7 Å². The summed E-state index contributed by atoms with van der Waals surface area (Å²) in [5.41, 5.74) is 5.12. The van der Waals surface area contributed by atoms with Gasteiger partial charge >= 0.3 is 0 Å². The number of hydrogen-bond acceptors (Lipinski definition) is 3. The molecular formula is C4H5N3O. The van der Waals surface area contributed by atoms with Gasteiger partial charge in [0.25, 0.3) is 5.91 Å². The van der Waals surface area contributed by atoms with E-state index in [2.05, 4.69) is 9.98 Å². The van der Waals surface area contributed by atoms with Gasteiger partial charge in [0, 0.05) is 12.4 Å². The van der Waals surface area contributed by atoms with Crippen molar-refractivity contribution in [2.75, 3.05) is 0 Å². The summed E-state index contributed by atoms with van der Waals surface area (Å²) in [7, 11) is 0. The first-order chi connectivity index (χ1) is 3.80. The zero-order valence-corrected chi connectivity index (χ0v) is 4.11. The lowest BCUT2D eigenvalue weighted by Gasteiger charge is -2.00. The van der Waals surface area contributed by atoms with Crippen molar-refractivity contribution in [3.8, 4) is 0 Å². The monoisotopic (exact) mass is 111 g/mol. The van der Waals surface area contributed by atoms with Crippen LogP contribution in [-0.4, -0.2) is 24.5 Å². The average molecular weight is 111 g/mol. The van der Waals surface area contributed by atoms with Crippen LogP contribution >= 0.6 is 0 Å². The number of hydrogen-bond donors (Lipinski definition) is 1. The number of rotatable bonds is 0. The van der Waals surface area contributed by atoms with Gasteiger partial charge in [-0.15, -0.1) is 0 Å². The van der Waals surface area contributed by atoms with Crippen molar-refractivity contribution < 1.29 is 4.79 Å². The van der Waals surface area contributed by atoms with Crippen LogP contribution in [0.15, 0.2) is 9.98 Å². The van der Waals surface area contributed by atoms with Crippen LogP contribution < -0.4 is 5.73 Å². The summed E-state index contributed by atoms with van der Waals surface area (Å²) in [6, 6.07) is 0. The molecule has 0 saturated heterocycles. The van der Waals surface area contributed by atoms with E-state index < -0.39 is 6.17 Å². The van der Waals surface area contributed by atoms with Crippen LogP contribution in [0.2, 0.25) is 0 Å². The summed E-state index contributed by atoms with van der Waals surface area (Å²) in [4.78, 5) is 17.3. The topological polar surface area (TPSA) is 67.8 Å². The van der Waals surface area contributed by atoms with Crippen molar-refractivity contribution in [3.05, 3.63) is 0 Å². The summed E-state index contributed by atoms with van der Waals surface area (Å²) in [6.07, 6.45) is 1.97. The molecule has 42 valence electrons. The zero-order chi connectivity index (χ0) is 5.98. The van der Waals surface area contributed by atoms with Crippen LogP contribution in [-0.2, 0) is 4.79 Å². The fourth-order valence-corrected chi connectivity index (χ4v) is 0.378. The fraction of sp³-hybridized carbons (Fsp3) is 0.250. The minimum atomic E-state index is -0.764. The molecule has 0 radical (unpaired) electrons. The first-order valence-electron chi connectivity index (χ1n) is 2.16. The van der Waals surface area contributed by atoms with E-state index >= 15 is 0 Å². The third kappa shape index (κ3) is 0.788. The number of carbonyl (C=O) groups excluding carboxylic acids is 1. The molecule has 1 atom stereocenters. The summed E-state index contributed by atoms with van der Waals surface area (Å²) < 4.78 is 0. The molecule has 0 aromatic rings. The van der Waals surface area contributed by atoms with E-state index in [1.165, 1.54) is 12.4 Å². The smallest absolute Gasteiger partial charge is 0.284 e.